The van der Waals surface area contributed by atoms with Crippen molar-refractivity contribution in [3.63, 3.8) is 0 Å². The Hall–Kier alpha value is -3.92. The average molecular weight is 596 g/mol. The van der Waals surface area contributed by atoms with Gasteiger partial charge in [0.2, 0.25) is 11.8 Å². The molecule has 1 N–H and O–H groups in total. The average Bonchev–Trinajstić information content (AvgIpc) is 3.50. The maximum absolute atomic E-state index is 14.0. The molecule has 4 rings (SSSR count). The predicted molar refractivity (Wildman–Crippen MR) is 160 cm³/mol. The van der Waals surface area contributed by atoms with E-state index in [0.29, 0.717) is 18.8 Å². The molecule has 0 aromatic heterocycles. The van der Waals surface area contributed by atoms with Gasteiger partial charge in [-0.1, -0.05) is 43.2 Å². The summed E-state index contributed by atoms with van der Waals surface area (Å²) in [7, 11) is -4.25. The smallest absolute Gasteiger partial charge is 0.264 e. The second kappa shape index (κ2) is 14.3. The van der Waals surface area contributed by atoms with Gasteiger partial charge in [0.05, 0.1) is 17.2 Å². The molecule has 3 aromatic rings. The normalized spacial score (nSPS) is 14.3. The predicted octanol–water partition coefficient (Wildman–Crippen LogP) is 4.94. The van der Waals surface area contributed by atoms with Crippen molar-refractivity contribution in [3.8, 4) is 5.75 Å². The molecule has 0 spiro atoms. The van der Waals surface area contributed by atoms with Crippen molar-refractivity contribution < 1.29 is 27.1 Å². The molecule has 0 bridgehead atoms. The molecule has 8 nitrogen and oxygen atoms in total. The molecule has 0 aliphatic heterocycles. The molecule has 1 fully saturated rings. The molecule has 3 aromatic carbocycles. The van der Waals surface area contributed by atoms with E-state index in [1.54, 1.807) is 19.1 Å². The molecule has 0 saturated heterocycles. The van der Waals surface area contributed by atoms with E-state index in [1.165, 1.54) is 29.2 Å². The van der Waals surface area contributed by atoms with E-state index in [4.69, 9.17) is 4.74 Å². The highest BCUT2D eigenvalue weighted by Gasteiger charge is 2.33. The number of carbonyl (C=O) groups excluding carboxylic acids is 2. The quantitative estimate of drug-likeness (QED) is 0.302. The Bertz CT molecular complexity index is 1430. The number of benzene rings is 3. The summed E-state index contributed by atoms with van der Waals surface area (Å²) >= 11 is 0. The van der Waals surface area contributed by atoms with Crippen molar-refractivity contribution in [2.24, 2.45) is 0 Å². The first kappa shape index (κ1) is 31.0. The van der Waals surface area contributed by atoms with Crippen molar-refractivity contribution in [1.82, 2.24) is 10.2 Å². The molecule has 1 aliphatic rings. The second-order valence-corrected chi connectivity index (χ2v) is 12.2. The van der Waals surface area contributed by atoms with Gasteiger partial charge in [0.25, 0.3) is 10.0 Å². The standard InChI is InChI=1S/C32H38FN3O5S/c1-3-41-29-17-19-30(20-18-29)42(39,40)36(28-15-13-26(33)14-16-28)23-31(37)35(22-21-25-9-5-4-6-10-25)24(2)32(38)34-27-11-7-8-12-27/h4-6,9-10,13-20,24,27H,3,7-8,11-12,21-23H2,1-2H3,(H,34,38)/t24-/m1/s1. The van der Waals surface area contributed by atoms with Crippen molar-refractivity contribution in [2.75, 3.05) is 24.0 Å². The highest BCUT2D eigenvalue weighted by atomic mass is 32.2. The molecule has 2 amide bonds. The van der Waals surface area contributed by atoms with Gasteiger partial charge in [-0.2, -0.15) is 0 Å². The number of rotatable bonds is 13. The van der Waals surface area contributed by atoms with Gasteiger partial charge >= 0.3 is 0 Å². The number of anilines is 1. The van der Waals surface area contributed by atoms with Gasteiger partial charge in [-0.15, -0.1) is 0 Å². The van der Waals surface area contributed by atoms with E-state index >= 15 is 0 Å². The third-order valence-electron chi connectivity index (χ3n) is 7.47. The lowest BCUT2D eigenvalue weighted by Crippen LogP contribution is -2.53. The number of hydrogen-bond donors (Lipinski definition) is 1. The van der Waals surface area contributed by atoms with Crippen LogP contribution in [0.3, 0.4) is 0 Å². The van der Waals surface area contributed by atoms with Gasteiger partial charge in [-0.3, -0.25) is 13.9 Å². The summed E-state index contributed by atoms with van der Waals surface area (Å²) in [5, 5.41) is 3.06. The number of sulfonamides is 1. The van der Waals surface area contributed by atoms with Crippen LogP contribution in [-0.2, 0) is 26.0 Å². The second-order valence-electron chi connectivity index (χ2n) is 10.4. The molecule has 42 heavy (non-hydrogen) atoms. The van der Waals surface area contributed by atoms with E-state index in [1.807, 2.05) is 37.3 Å². The lowest BCUT2D eigenvalue weighted by molar-refractivity contribution is -0.139. The molecular weight excluding hydrogens is 557 g/mol. The van der Waals surface area contributed by atoms with E-state index in [9.17, 15) is 22.4 Å². The van der Waals surface area contributed by atoms with Crippen molar-refractivity contribution >= 4 is 27.5 Å². The number of nitrogens with zero attached hydrogens (tertiary/aromatic N) is 2. The lowest BCUT2D eigenvalue weighted by atomic mass is 10.1. The van der Waals surface area contributed by atoms with Crippen LogP contribution < -0.4 is 14.4 Å². The van der Waals surface area contributed by atoms with Crippen LogP contribution >= 0.6 is 0 Å². The van der Waals surface area contributed by atoms with Gasteiger partial charge in [0.1, 0.15) is 24.2 Å². The van der Waals surface area contributed by atoms with Gasteiger partial charge < -0.3 is 15.0 Å². The number of hydrogen-bond acceptors (Lipinski definition) is 5. The van der Waals surface area contributed by atoms with E-state index in [-0.39, 0.29) is 29.1 Å². The third kappa shape index (κ3) is 7.88. The topological polar surface area (TPSA) is 96.0 Å². The van der Waals surface area contributed by atoms with Crippen molar-refractivity contribution in [3.05, 3.63) is 90.2 Å². The van der Waals surface area contributed by atoms with E-state index in [0.717, 1.165) is 47.7 Å². The minimum Gasteiger partial charge on any atom is -0.494 e. The minimum atomic E-state index is -4.25. The van der Waals surface area contributed by atoms with E-state index in [2.05, 4.69) is 5.32 Å². The maximum Gasteiger partial charge on any atom is 0.264 e. The van der Waals surface area contributed by atoms with Crippen LogP contribution in [0.5, 0.6) is 5.75 Å². The number of carbonyl (C=O) groups is 2. The number of amides is 2. The summed E-state index contributed by atoms with van der Waals surface area (Å²) in [6, 6.07) is 19.6. The van der Waals surface area contributed by atoms with Crippen LogP contribution in [-0.4, -0.2) is 56.9 Å². The molecule has 0 heterocycles. The zero-order valence-corrected chi connectivity index (χ0v) is 24.9. The van der Waals surface area contributed by atoms with Crippen LogP contribution in [0.2, 0.25) is 0 Å². The first-order chi connectivity index (χ1) is 20.2. The molecule has 0 radical (unpaired) electrons. The number of ether oxygens (including phenoxy) is 1. The van der Waals surface area contributed by atoms with Gasteiger partial charge in [0.15, 0.2) is 0 Å². The fourth-order valence-corrected chi connectivity index (χ4v) is 6.51. The zero-order valence-electron chi connectivity index (χ0n) is 24.0. The van der Waals surface area contributed by atoms with Crippen LogP contribution in [0.25, 0.3) is 0 Å². The largest absolute Gasteiger partial charge is 0.494 e. The zero-order chi connectivity index (χ0) is 30.1. The summed E-state index contributed by atoms with van der Waals surface area (Å²) in [5.74, 6) is -0.843. The first-order valence-electron chi connectivity index (χ1n) is 14.3. The van der Waals surface area contributed by atoms with Gasteiger partial charge in [0, 0.05) is 12.6 Å². The summed E-state index contributed by atoms with van der Waals surface area (Å²) in [6.07, 6.45) is 4.37. The van der Waals surface area contributed by atoms with Crippen LogP contribution in [0.4, 0.5) is 10.1 Å². The molecule has 224 valence electrons. The van der Waals surface area contributed by atoms with Crippen LogP contribution in [0, 0.1) is 5.82 Å². The molecule has 10 heteroatoms. The molecular formula is C32H38FN3O5S. The Kier molecular flexibility index (Phi) is 10.6. The fourth-order valence-electron chi connectivity index (χ4n) is 5.10. The fraction of sp³-hybridized carbons (Fsp3) is 0.375. The highest BCUT2D eigenvalue weighted by molar-refractivity contribution is 7.92. The Morgan fingerprint density at radius 3 is 2.24 bits per heavy atom. The van der Waals surface area contributed by atoms with Crippen molar-refractivity contribution in [1.29, 1.82) is 0 Å². The minimum absolute atomic E-state index is 0.0501. The van der Waals surface area contributed by atoms with E-state index < -0.39 is 34.3 Å². The summed E-state index contributed by atoms with van der Waals surface area (Å²) < 4.78 is 48.0. The maximum atomic E-state index is 14.0. The Morgan fingerprint density at radius 2 is 1.62 bits per heavy atom. The monoisotopic (exact) mass is 595 g/mol. The number of nitrogens with one attached hydrogen (secondary N) is 1. The molecule has 1 atom stereocenters. The van der Waals surface area contributed by atoms with Crippen LogP contribution in [0.1, 0.15) is 45.1 Å². The Morgan fingerprint density at radius 1 is 0.976 bits per heavy atom. The third-order valence-corrected chi connectivity index (χ3v) is 9.26. The first-order valence-corrected chi connectivity index (χ1v) is 15.8. The van der Waals surface area contributed by atoms with Crippen molar-refractivity contribution in [2.45, 2.75) is 62.9 Å². The molecule has 1 aliphatic carbocycles. The summed E-state index contributed by atoms with van der Waals surface area (Å²) in [5.41, 5.74) is 1.11. The van der Waals surface area contributed by atoms with Gasteiger partial charge in [-0.25, -0.2) is 12.8 Å². The lowest BCUT2D eigenvalue weighted by Gasteiger charge is -2.32. The highest BCUT2D eigenvalue weighted by Crippen LogP contribution is 2.26. The van der Waals surface area contributed by atoms with Gasteiger partial charge in [-0.05, 0) is 87.2 Å². The Labute approximate surface area is 247 Å². The summed E-state index contributed by atoms with van der Waals surface area (Å²) in [4.78, 5) is 28.6. The summed E-state index contributed by atoms with van der Waals surface area (Å²) in [6.45, 7) is 3.55. The Balaban J connectivity index is 1.63. The molecule has 1 saturated carbocycles. The number of halogens is 1. The van der Waals surface area contributed by atoms with Crippen LogP contribution in [0.15, 0.2) is 83.8 Å². The molecule has 0 unspecified atom stereocenters. The SMILES string of the molecule is CCOc1ccc(S(=O)(=O)N(CC(=O)N(CCc2ccccc2)[C@H](C)C(=O)NC2CCCC2)c2ccc(F)cc2)cc1.